The van der Waals surface area contributed by atoms with Crippen molar-refractivity contribution in [2.24, 2.45) is 0 Å². The number of alkyl halides is 3. The molecule has 0 spiro atoms. The Morgan fingerprint density at radius 3 is 2.47 bits per heavy atom. The lowest BCUT2D eigenvalue weighted by molar-refractivity contribution is -0.0686. The molecule has 0 radical (unpaired) electrons. The van der Waals surface area contributed by atoms with Gasteiger partial charge in [0.15, 0.2) is 0 Å². The van der Waals surface area contributed by atoms with Gasteiger partial charge in [-0.1, -0.05) is 48.5 Å². The summed E-state index contributed by atoms with van der Waals surface area (Å²) in [5.41, 5.74) is 0.252. The summed E-state index contributed by atoms with van der Waals surface area (Å²) in [5, 5.41) is 0.608. The number of rotatable bonds is 6. The highest BCUT2D eigenvalue weighted by Crippen LogP contribution is 2.40. The number of ether oxygens (including phenoxy) is 1. The standard InChI is InChI=1S/C26H19ClF3NO2S/c1-16(26(28,29)30)20-13-24(33-2)23(14-21(20)27)31-22-10-9-19(12-18(22)8-11-25(31)32)34-15-17-6-4-3-5-7-17/h3-14H,1,15H2,2H3. The van der Waals surface area contributed by atoms with Crippen molar-refractivity contribution in [2.45, 2.75) is 16.8 Å². The van der Waals surface area contributed by atoms with Crippen LogP contribution in [0.4, 0.5) is 13.2 Å². The van der Waals surface area contributed by atoms with E-state index in [2.05, 4.69) is 18.7 Å². The van der Waals surface area contributed by atoms with Crippen molar-refractivity contribution in [1.82, 2.24) is 4.57 Å². The number of benzene rings is 3. The van der Waals surface area contributed by atoms with Gasteiger partial charge in [0, 0.05) is 22.3 Å². The summed E-state index contributed by atoms with van der Waals surface area (Å²) >= 11 is 7.86. The number of methoxy groups -OCH3 is 1. The Morgan fingerprint density at radius 1 is 1.06 bits per heavy atom. The quantitative estimate of drug-likeness (QED) is 0.256. The van der Waals surface area contributed by atoms with Crippen LogP contribution in [0, 0.1) is 0 Å². The predicted molar refractivity (Wildman–Crippen MR) is 132 cm³/mol. The van der Waals surface area contributed by atoms with Crippen molar-refractivity contribution in [3.63, 3.8) is 0 Å². The van der Waals surface area contributed by atoms with E-state index in [-0.39, 0.29) is 27.6 Å². The number of hydrogen-bond donors (Lipinski definition) is 0. The number of allylic oxidation sites excluding steroid dienone is 1. The molecule has 0 aliphatic heterocycles. The zero-order valence-corrected chi connectivity index (χ0v) is 19.6. The van der Waals surface area contributed by atoms with Crippen molar-refractivity contribution in [3.05, 3.63) is 106 Å². The monoisotopic (exact) mass is 501 g/mol. The van der Waals surface area contributed by atoms with Crippen LogP contribution in [-0.4, -0.2) is 17.9 Å². The van der Waals surface area contributed by atoms with Crippen molar-refractivity contribution in [2.75, 3.05) is 7.11 Å². The second kappa shape index (κ2) is 9.60. The first-order valence-corrected chi connectivity index (χ1v) is 11.5. The average Bonchev–Trinajstić information content (AvgIpc) is 2.82. The van der Waals surface area contributed by atoms with Gasteiger partial charge in [0.05, 0.1) is 28.9 Å². The van der Waals surface area contributed by atoms with Crippen LogP contribution in [0.15, 0.2) is 89.1 Å². The van der Waals surface area contributed by atoms with E-state index >= 15 is 0 Å². The van der Waals surface area contributed by atoms with Gasteiger partial charge in [-0.05, 0) is 47.3 Å². The zero-order chi connectivity index (χ0) is 24.5. The highest BCUT2D eigenvalue weighted by Gasteiger charge is 2.34. The minimum absolute atomic E-state index is 0.0712. The van der Waals surface area contributed by atoms with Crippen molar-refractivity contribution < 1.29 is 17.9 Å². The Bertz CT molecular complexity index is 1430. The summed E-state index contributed by atoms with van der Waals surface area (Å²) in [6.07, 6.45) is -4.65. The average molecular weight is 502 g/mol. The van der Waals surface area contributed by atoms with Gasteiger partial charge < -0.3 is 4.74 Å². The van der Waals surface area contributed by atoms with E-state index in [1.807, 2.05) is 30.3 Å². The van der Waals surface area contributed by atoms with Crippen LogP contribution in [-0.2, 0) is 5.75 Å². The number of pyridine rings is 1. The molecule has 4 aromatic rings. The number of nitrogens with zero attached hydrogens (tertiary/aromatic N) is 1. The summed E-state index contributed by atoms with van der Waals surface area (Å²) in [7, 11) is 1.32. The molecule has 0 amide bonds. The van der Waals surface area contributed by atoms with E-state index in [0.717, 1.165) is 22.1 Å². The van der Waals surface area contributed by atoms with Gasteiger partial charge in [0.1, 0.15) is 5.75 Å². The molecule has 0 aliphatic rings. The normalized spacial score (nSPS) is 11.6. The molecule has 4 rings (SSSR count). The fraction of sp³-hybridized carbons (Fsp3) is 0.115. The summed E-state index contributed by atoms with van der Waals surface area (Å²) in [5.74, 6) is 0.863. The molecule has 34 heavy (non-hydrogen) atoms. The van der Waals surface area contributed by atoms with Crippen molar-refractivity contribution in [3.8, 4) is 11.4 Å². The minimum Gasteiger partial charge on any atom is -0.495 e. The molecule has 0 saturated carbocycles. The molecule has 0 unspecified atom stereocenters. The van der Waals surface area contributed by atoms with E-state index < -0.39 is 11.7 Å². The van der Waals surface area contributed by atoms with E-state index in [0.29, 0.717) is 5.52 Å². The molecule has 0 saturated heterocycles. The number of hydrogen-bond acceptors (Lipinski definition) is 3. The second-order valence-corrected chi connectivity index (χ2v) is 8.94. The third-order valence-electron chi connectivity index (χ3n) is 5.29. The summed E-state index contributed by atoms with van der Waals surface area (Å²) in [6, 6.07) is 21.3. The van der Waals surface area contributed by atoms with E-state index in [1.54, 1.807) is 23.9 Å². The number of halogens is 4. The van der Waals surface area contributed by atoms with Gasteiger partial charge in [-0.25, -0.2) is 0 Å². The maximum absolute atomic E-state index is 13.2. The summed E-state index contributed by atoms with van der Waals surface area (Å²) in [4.78, 5) is 13.9. The van der Waals surface area contributed by atoms with Crippen molar-refractivity contribution >= 4 is 39.8 Å². The van der Waals surface area contributed by atoms with Crippen LogP contribution in [0.25, 0.3) is 22.2 Å². The third-order valence-corrected chi connectivity index (χ3v) is 6.67. The molecule has 1 aromatic heterocycles. The van der Waals surface area contributed by atoms with Crippen LogP contribution >= 0.6 is 23.4 Å². The summed E-state index contributed by atoms with van der Waals surface area (Å²) in [6.45, 7) is 3.12. The maximum Gasteiger partial charge on any atom is 0.416 e. The Kier molecular flexibility index (Phi) is 6.77. The molecule has 0 atom stereocenters. The molecule has 8 heteroatoms. The first kappa shape index (κ1) is 24.0. The highest BCUT2D eigenvalue weighted by molar-refractivity contribution is 7.98. The lowest BCUT2D eigenvalue weighted by Crippen LogP contribution is -2.18. The maximum atomic E-state index is 13.2. The lowest BCUT2D eigenvalue weighted by Gasteiger charge is -2.18. The predicted octanol–water partition coefficient (Wildman–Crippen LogP) is 7.52. The first-order chi connectivity index (χ1) is 16.2. The van der Waals surface area contributed by atoms with Gasteiger partial charge in [-0.3, -0.25) is 9.36 Å². The second-order valence-electron chi connectivity index (χ2n) is 7.48. The summed E-state index contributed by atoms with van der Waals surface area (Å²) < 4.78 is 46.3. The zero-order valence-electron chi connectivity index (χ0n) is 18.0. The van der Waals surface area contributed by atoms with Gasteiger partial charge in [-0.2, -0.15) is 13.2 Å². The largest absolute Gasteiger partial charge is 0.495 e. The Hall–Kier alpha value is -3.16. The minimum atomic E-state index is -4.65. The third kappa shape index (κ3) is 4.86. The Balaban J connectivity index is 1.78. The Morgan fingerprint density at radius 2 is 1.79 bits per heavy atom. The number of thioether (sulfide) groups is 1. The smallest absolute Gasteiger partial charge is 0.416 e. The molecule has 1 heterocycles. The number of fused-ring (bicyclic) bond motifs is 1. The molecule has 0 aliphatic carbocycles. The van der Waals surface area contributed by atoms with E-state index in [9.17, 15) is 18.0 Å². The van der Waals surface area contributed by atoms with Gasteiger partial charge in [0.2, 0.25) is 0 Å². The fourth-order valence-corrected chi connectivity index (χ4v) is 4.74. The molecule has 3 aromatic carbocycles. The van der Waals surface area contributed by atoms with Crippen LogP contribution in [0.5, 0.6) is 5.75 Å². The molecular formula is C26H19ClF3NO2S. The van der Waals surface area contributed by atoms with Gasteiger partial charge >= 0.3 is 6.18 Å². The fourth-order valence-electron chi connectivity index (χ4n) is 3.57. The van der Waals surface area contributed by atoms with Crippen LogP contribution < -0.4 is 10.3 Å². The van der Waals surface area contributed by atoms with Gasteiger partial charge in [0.25, 0.3) is 5.56 Å². The molecule has 0 N–H and O–H groups in total. The van der Waals surface area contributed by atoms with Crippen molar-refractivity contribution in [1.29, 1.82) is 0 Å². The Labute approximate surface area is 203 Å². The molecule has 0 fully saturated rings. The number of aromatic nitrogens is 1. The van der Waals surface area contributed by atoms with Crippen LogP contribution in [0.3, 0.4) is 0 Å². The topological polar surface area (TPSA) is 31.2 Å². The molecular weight excluding hydrogens is 483 g/mol. The van der Waals surface area contributed by atoms with Crippen LogP contribution in [0.1, 0.15) is 11.1 Å². The molecule has 174 valence electrons. The van der Waals surface area contributed by atoms with E-state index in [1.165, 1.54) is 29.4 Å². The van der Waals surface area contributed by atoms with E-state index in [4.69, 9.17) is 16.3 Å². The van der Waals surface area contributed by atoms with Gasteiger partial charge in [-0.15, -0.1) is 11.8 Å². The molecule has 3 nitrogen and oxygen atoms in total. The molecule has 0 bridgehead atoms. The van der Waals surface area contributed by atoms with Crippen LogP contribution in [0.2, 0.25) is 5.02 Å². The SMILES string of the molecule is C=C(c1cc(OC)c(-n2c(=O)ccc3cc(SCc4ccccc4)ccc32)cc1Cl)C(F)(F)F. The first-order valence-electron chi connectivity index (χ1n) is 10.2. The highest BCUT2D eigenvalue weighted by atomic mass is 35.5. The lowest BCUT2D eigenvalue weighted by atomic mass is 10.1.